The zero-order chi connectivity index (χ0) is 7.90. The molecule has 2 fully saturated rings. The standard InChI is InChI=1S/C7H13NO2S/c9-11(10)4-6-1-2-8-3-7(6)5-11/h6-8H,1-5H2. The quantitative estimate of drug-likeness (QED) is 0.547. The lowest BCUT2D eigenvalue weighted by atomic mass is 9.90. The highest BCUT2D eigenvalue weighted by atomic mass is 32.2. The van der Waals surface area contributed by atoms with Crippen LogP contribution in [0.2, 0.25) is 0 Å². The predicted octanol–water partition coefficient (Wildman–Crippen LogP) is -0.360. The number of fused-ring (bicyclic) bond motifs is 1. The smallest absolute Gasteiger partial charge is 0.150 e. The molecule has 2 unspecified atom stereocenters. The molecular formula is C7H13NO2S. The summed E-state index contributed by atoms with van der Waals surface area (Å²) in [7, 11) is -2.67. The first kappa shape index (κ1) is 7.55. The second kappa shape index (κ2) is 2.45. The lowest BCUT2D eigenvalue weighted by molar-refractivity contribution is 0.318. The summed E-state index contributed by atoms with van der Waals surface area (Å²) < 4.78 is 22.3. The van der Waals surface area contributed by atoms with Crippen molar-refractivity contribution >= 4 is 9.84 Å². The maximum absolute atomic E-state index is 11.2. The van der Waals surface area contributed by atoms with E-state index in [0.717, 1.165) is 19.5 Å². The minimum Gasteiger partial charge on any atom is -0.316 e. The Morgan fingerprint density at radius 2 is 1.91 bits per heavy atom. The van der Waals surface area contributed by atoms with Crippen LogP contribution in [0.1, 0.15) is 6.42 Å². The Morgan fingerprint density at radius 3 is 2.64 bits per heavy atom. The van der Waals surface area contributed by atoms with Gasteiger partial charge < -0.3 is 5.32 Å². The summed E-state index contributed by atoms with van der Waals surface area (Å²) >= 11 is 0. The van der Waals surface area contributed by atoms with Crippen LogP contribution in [-0.2, 0) is 9.84 Å². The second-order valence-corrected chi connectivity index (χ2v) is 5.74. The summed E-state index contributed by atoms with van der Waals surface area (Å²) in [4.78, 5) is 0. The Labute approximate surface area is 67.1 Å². The normalized spacial score (nSPS) is 41.8. The third kappa shape index (κ3) is 1.42. The van der Waals surface area contributed by atoms with Crippen LogP contribution in [0.3, 0.4) is 0 Å². The first-order chi connectivity index (χ1) is 5.17. The Balaban J connectivity index is 2.15. The third-order valence-corrected chi connectivity index (χ3v) is 4.57. The largest absolute Gasteiger partial charge is 0.316 e. The highest BCUT2D eigenvalue weighted by molar-refractivity contribution is 7.91. The van der Waals surface area contributed by atoms with Gasteiger partial charge in [-0.25, -0.2) is 8.42 Å². The molecule has 0 saturated carbocycles. The molecule has 2 rings (SSSR count). The molecule has 0 aliphatic carbocycles. The number of piperidine rings is 1. The van der Waals surface area contributed by atoms with Crippen molar-refractivity contribution in [3.8, 4) is 0 Å². The van der Waals surface area contributed by atoms with E-state index in [1.165, 1.54) is 0 Å². The van der Waals surface area contributed by atoms with E-state index in [9.17, 15) is 8.42 Å². The van der Waals surface area contributed by atoms with Crippen molar-refractivity contribution in [1.29, 1.82) is 0 Å². The number of rotatable bonds is 0. The van der Waals surface area contributed by atoms with Gasteiger partial charge in [-0.15, -0.1) is 0 Å². The average Bonchev–Trinajstić information content (AvgIpc) is 2.21. The Kier molecular flexibility index (Phi) is 1.68. The lowest BCUT2D eigenvalue weighted by Gasteiger charge is -2.23. The molecule has 0 aromatic rings. The first-order valence-electron chi connectivity index (χ1n) is 4.08. The van der Waals surface area contributed by atoms with Crippen molar-refractivity contribution in [2.45, 2.75) is 6.42 Å². The highest BCUT2D eigenvalue weighted by Gasteiger charge is 2.38. The van der Waals surface area contributed by atoms with Crippen molar-refractivity contribution in [3.05, 3.63) is 0 Å². The van der Waals surface area contributed by atoms with Crippen molar-refractivity contribution in [2.24, 2.45) is 11.8 Å². The van der Waals surface area contributed by atoms with E-state index in [2.05, 4.69) is 5.32 Å². The Morgan fingerprint density at radius 1 is 1.18 bits per heavy atom. The number of nitrogens with one attached hydrogen (secondary N) is 1. The predicted molar refractivity (Wildman–Crippen MR) is 43.1 cm³/mol. The molecule has 64 valence electrons. The minimum atomic E-state index is -2.67. The van der Waals surface area contributed by atoms with Gasteiger partial charge in [-0.1, -0.05) is 0 Å². The van der Waals surface area contributed by atoms with Gasteiger partial charge in [-0.2, -0.15) is 0 Å². The van der Waals surface area contributed by atoms with Gasteiger partial charge >= 0.3 is 0 Å². The second-order valence-electron chi connectivity index (χ2n) is 3.59. The van der Waals surface area contributed by atoms with Crippen LogP contribution in [0.4, 0.5) is 0 Å². The topological polar surface area (TPSA) is 46.2 Å². The fraction of sp³-hybridized carbons (Fsp3) is 1.00. The zero-order valence-corrected chi connectivity index (χ0v) is 7.23. The van der Waals surface area contributed by atoms with E-state index < -0.39 is 9.84 Å². The number of sulfone groups is 1. The van der Waals surface area contributed by atoms with Crippen molar-refractivity contribution in [2.75, 3.05) is 24.6 Å². The van der Waals surface area contributed by atoms with Crippen LogP contribution < -0.4 is 5.32 Å². The van der Waals surface area contributed by atoms with E-state index in [4.69, 9.17) is 0 Å². The highest BCUT2D eigenvalue weighted by Crippen LogP contribution is 2.29. The molecular weight excluding hydrogens is 162 g/mol. The molecule has 0 aromatic heterocycles. The number of hydrogen-bond acceptors (Lipinski definition) is 3. The van der Waals surface area contributed by atoms with Crippen molar-refractivity contribution in [1.82, 2.24) is 5.32 Å². The molecule has 11 heavy (non-hydrogen) atoms. The van der Waals surface area contributed by atoms with Crippen LogP contribution in [0.25, 0.3) is 0 Å². The average molecular weight is 175 g/mol. The lowest BCUT2D eigenvalue weighted by Crippen LogP contribution is -2.35. The van der Waals surface area contributed by atoms with Crippen molar-refractivity contribution < 1.29 is 8.42 Å². The molecule has 0 aromatic carbocycles. The minimum absolute atomic E-state index is 0.411. The van der Waals surface area contributed by atoms with E-state index in [0.29, 0.717) is 23.3 Å². The summed E-state index contributed by atoms with van der Waals surface area (Å²) in [6.07, 6.45) is 1.05. The van der Waals surface area contributed by atoms with Gasteiger partial charge in [0.15, 0.2) is 9.84 Å². The van der Waals surface area contributed by atoms with E-state index >= 15 is 0 Å². The maximum Gasteiger partial charge on any atom is 0.150 e. The fourth-order valence-electron chi connectivity index (χ4n) is 2.11. The molecule has 3 nitrogen and oxygen atoms in total. The van der Waals surface area contributed by atoms with Gasteiger partial charge in [0.25, 0.3) is 0 Å². The molecule has 2 aliphatic rings. The molecule has 2 aliphatic heterocycles. The monoisotopic (exact) mass is 175 g/mol. The van der Waals surface area contributed by atoms with Crippen LogP contribution in [0.15, 0.2) is 0 Å². The van der Waals surface area contributed by atoms with E-state index in [-0.39, 0.29) is 0 Å². The molecule has 2 atom stereocenters. The van der Waals surface area contributed by atoms with Crippen LogP contribution in [0, 0.1) is 11.8 Å². The van der Waals surface area contributed by atoms with Gasteiger partial charge in [0.05, 0.1) is 11.5 Å². The molecule has 2 heterocycles. The Hall–Kier alpha value is -0.0900. The molecule has 0 amide bonds. The van der Waals surface area contributed by atoms with Crippen LogP contribution in [-0.4, -0.2) is 33.0 Å². The summed E-state index contributed by atoms with van der Waals surface area (Å²) in [5.74, 6) is 1.74. The zero-order valence-electron chi connectivity index (χ0n) is 6.41. The summed E-state index contributed by atoms with van der Waals surface area (Å²) in [5, 5.41) is 3.23. The van der Waals surface area contributed by atoms with Gasteiger partial charge in [0.1, 0.15) is 0 Å². The summed E-state index contributed by atoms with van der Waals surface area (Å²) in [5.41, 5.74) is 0. The van der Waals surface area contributed by atoms with E-state index in [1.54, 1.807) is 0 Å². The van der Waals surface area contributed by atoms with Crippen molar-refractivity contribution in [3.63, 3.8) is 0 Å². The first-order valence-corrected chi connectivity index (χ1v) is 5.91. The Bertz CT molecular complexity index is 227. The van der Waals surface area contributed by atoms with Crippen LogP contribution in [0.5, 0.6) is 0 Å². The fourth-order valence-corrected chi connectivity index (χ4v) is 4.38. The van der Waals surface area contributed by atoms with Crippen LogP contribution >= 0.6 is 0 Å². The van der Waals surface area contributed by atoms with Gasteiger partial charge in [0, 0.05) is 0 Å². The van der Waals surface area contributed by atoms with Gasteiger partial charge in [0.2, 0.25) is 0 Å². The molecule has 0 radical (unpaired) electrons. The summed E-state index contributed by atoms with van der Waals surface area (Å²) in [6, 6.07) is 0. The molecule has 0 bridgehead atoms. The third-order valence-electron chi connectivity index (χ3n) is 2.70. The number of hydrogen-bond donors (Lipinski definition) is 1. The molecule has 4 heteroatoms. The van der Waals surface area contributed by atoms with Gasteiger partial charge in [-0.3, -0.25) is 0 Å². The molecule has 1 N–H and O–H groups in total. The maximum atomic E-state index is 11.2. The SMILES string of the molecule is O=S1(=O)CC2CCNCC2C1. The molecule has 2 saturated heterocycles. The summed E-state index contributed by atoms with van der Waals surface area (Å²) in [6.45, 7) is 1.90. The molecule has 0 spiro atoms. The van der Waals surface area contributed by atoms with Gasteiger partial charge in [-0.05, 0) is 31.3 Å². The van der Waals surface area contributed by atoms with E-state index in [1.807, 2.05) is 0 Å².